The Morgan fingerprint density at radius 2 is 2.29 bits per heavy atom. The average molecular weight is 100 g/mol. The first-order valence-corrected chi connectivity index (χ1v) is 2.18. The first-order valence-electron chi connectivity index (χ1n) is 2.18. The molecule has 0 heterocycles. The molecule has 2 heteroatoms. The summed E-state index contributed by atoms with van der Waals surface area (Å²) in [7, 11) is 0. The third-order valence-electron chi connectivity index (χ3n) is 0.928. The normalized spacial score (nSPS) is 20.1. The zero-order valence-corrected chi connectivity index (χ0v) is 3.78. The summed E-state index contributed by atoms with van der Waals surface area (Å²) in [4.78, 5) is 10.1. The first kappa shape index (κ1) is 4.50. The van der Waals surface area contributed by atoms with E-state index in [0.717, 1.165) is 6.08 Å². The summed E-state index contributed by atoms with van der Waals surface area (Å²) < 4.78 is 11.8. The molecule has 0 aromatic carbocycles. The predicted octanol–water partition coefficient (Wildman–Crippen LogP) is 1.20. The fourth-order valence-electron chi connectivity index (χ4n) is 0.562. The monoisotopic (exact) mass is 100 g/mol. The van der Waals surface area contributed by atoms with Crippen molar-refractivity contribution in [3.8, 4) is 0 Å². The van der Waals surface area contributed by atoms with Gasteiger partial charge in [0.15, 0.2) is 5.78 Å². The molecule has 0 spiro atoms. The van der Waals surface area contributed by atoms with Crippen molar-refractivity contribution in [3.63, 3.8) is 0 Å². The van der Waals surface area contributed by atoms with E-state index in [2.05, 4.69) is 0 Å². The summed E-state index contributed by atoms with van der Waals surface area (Å²) in [5.41, 5.74) is 0. The minimum atomic E-state index is -0.273. The van der Waals surface area contributed by atoms with E-state index in [-0.39, 0.29) is 11.6 Å². The Hall–Kier alpha value is -0.660. The van der Waals surface area contributed by atoms with Crippen molar-refractivity contribution in [2.24, 2.45) is 0 Å². The van der Waals surface area contributed by atoms with E-state index in [1.165, 1.54) is 0 Å². The van der Waals surface area contributed by atoms with Gasteiger partial charge in [0.2, 0.25) is 0 Å². The van der Waals surface area contributed by atoms with Crippen molar-refractivity contribution in [1.29, 1.82) is 0 Å². The Balaban J connectivity index is 2.67. The van der Waals surface area contributed by atoms with E-state index >= 15 is 0 Å². The van der Waals surface area contributed by atoms with Gasteiger partial charge in [-0.1, -0.05) is 0 Å². The fraction of sp³-hybridized carbons (Fsp3) is 0.400. The number of allylic oxidation sites excluding steroid dienone is 2. The molecule has 38 valence electrons. The van der Waals surface area contributed by atoms with Crippen molar-refractivity contribution in [2.45, 2.75) is 12.8 Å². The van der Waals surface area contributed by atoms with Gasteiger partial charge in [-0.2, -0.15) is 0 Å². The summed E-state index contributed by atoms with van der Waals surface area (Å²) in [6.45, 7) is 0. The van der Waals surface area contributed by atoms with E-state index in [0.29, 0.717) is 12.8 Å². The van der Waals surface area contributed by atoms with Crippen LogP contribution in [0.25, 0.3) is 0 Å². The number of hydrogen-bond acceptors (Lipinski definition) is 1. The van der Waals surface area contributed by atoms with Crippen LogP contribution in [0.3, 0.4) is 0 Å². The highest BCUT2D eigenvalue weighted by Crippen LogP contribution is 2.14. The number of rotatable bonds is 0. The molecule has 0 amide bonds. The van der Waals surface area contributed by atoms with Crippen LogP contribution in [0.15, 0.2) is 11.9 Å². The fourth-order valence-corrected chi connectivity index (χ4v) is 0.562. The Morgan fingerprint density at radius 1 is 1.57 bits per heavy atom. The Kier molecular flexibility index (Phi) is 0.929. The molecule has 1 aliphatic rings. The Morgan fingerprint density at radius 3 is 2.43 bits per heavy atom. The Labute approximate surface area is 40.8 Å². The summed E-state index contributed by atoms with van der Waals surface area (Å²) in [6.07, 6.45) is 1.74. The van der Waals surface area contributed by atoms with Gasteiger partial charge in [-0.15, -0.1) is 0 Å². The van der Waals surface area contributed by atoms with Crippen LogP contribution in [0, 0.1) is 0 Å². The van der Waals surface area contributed by atoms with E-state index in [9.17, 15) is 9.18 Å². The summed E-state index contributed by atoms with van der Waals surface area (Å²) in [5, 5.41) is 0. The molecule has 0 fully saturated rings. The lowest BCUT2D eigenvalue weighted by atomic mass is 10.3. The molecule has 1 aliphatic carbocycles. The predicted molar refractivity (Wildman–Crippen MR) is 23.4 cm³/mol. The number of hydrogen-bond donors (Lipinski definition) is 0. The van der Waals surface area contributed by atoms with Crippen LogP contribution in [0.2, 0.25) is 0 Å². The zero-order valence-electron chi connectivity index (χ0n) is 3.78. The van der Waals surface area contributed by atoms with Crippen LogP contribution in [0.5, 0.6) is 0 Å². The molecule has 1 rings (SSSR count). The third kappa shape index (κ3) is 0.856. The SMILES string of the molecule is O=C1C=C(F)CC1. The van der Waals surface area contributed by atoms with Crippen LogP contribution in [-0.4, -0.2) is 5.78 Å². The molecule has 0 aliphatic heterocycles. The minimum absolute atomic E-state index is 0.0856. The minimum Gasteiger partial charge on any atom is -0.295 e. The smallest absolute Gasteiger partial charge is 0.158 e. The maximum atomic E-state index is 11.8. The molecule has 0 radical (unpaired) electrons. The number of ketones is 1. The molecule has 7 heavy (non-hydrogen) atoms. The van der Waals surface area contributed by atoms with E-state index < -0.39 is 0 Å². The second-order valence-corrected chi connectivity index (χ2v) is 1.56. The highest BCUT2D eigenvalue weighted by molar-refractivity contribution is 5.92. The second-order valence-electron chi connectivity index (χ2n) is 1.56. The van der Waals surface area contributed by atoms with Gasteiger partial charge < -0.3 is 0 Å². The molecule has 0 aromatic heterocycles. The van der Waals surface area contributed by atoms with E-state index in [4.69, 9.17) is 0 Å². The summed E-state index contributed by atoms with van der Waals surface area (Å²) in [6, 6.07) is 0. The van der Waals surface area contributed by atoms with Crippen LogP contribution in [0.1, 0.15) is 12.8 Å². The van der Waals surface area contributed by atoms with Crippen molar-refractivity contribution >= 4 is 5.78 Å². The highest BCUT2D eigenvalue weighted by atomic mass is 19.1. The van der Waals surface area contributed by atoms with Gasteiger partial charge in [0.05, 0.1) is 0 Å². The van der Waals surface area contributed by atoms with Crippen LogP contribution < -0.4 is 0 Å². The van der Waals surface area contributed by atoms with Gasteiger partial charge in [-0.05, 0) is 0 Å². The number of carbonyl (C=O) groups excluding carboxylic acids is 1. The van der Waals surface area contributed by atoms with Gasteiger partial charge in [0, 0.05) is 18.9 Å². The zero-order chi connectivity index (χ0) is 5.28. The van der Waals surface area contributed by atoms with E-state index in [1.54, 1.807) is 0 Å². The van der Waals surface area contributed by atoms with Crippen LogP contribution in [0.4, 0.5) is 4.39 Å². The Bertz CT molecular complexity index is 126. The van der Waals surface area contributed by atoms with Crippen molar-refractivity contribution in [1.82, 2.24) is 0 Å². The topological polar surface area (TPSA) is 17.1 Å². The van der Waals surface area contributed by atoms with E-state index in [1.807, 2.05) is 0 Å². The second kappa shape index (κ2) is 1.45. The van der Waals surface area contributed by atoms with Gasteiger partial charge in [-0.3, -0.25) is 4.79 Å². The molecule has 0 saturated heterocycles. The quantitative estimate of drug-likeness (QED) is 0.447. The lowest BCUT2D eigenvalue weighted by Crippen LogP contribution is -1.80. The van der Waals surface area contributed by atoms with Crippen molar-refractivity contribution < 1.29 is 9.18 Å². The maximum Gasteiger partial charge on any atom is 0.158 e. The number of halogens is 1. The van der Waals surface area contributed by atoms with Crippen molar-refractivity contribution in [2.75, 3.05) is 0 Å². The first-order chi connectivity index (χ1) is 3.29. The van der Waals surface area contributed by atoms with Crippen molar-refractivity contribution in [3.05, 3.63) is 11.9 Å². The molecule has 0 N–H and O–H groups in total. The highest BCUT2D eigenvalue weighted by Gasteiger charge is 2.09. The molecule has 1 nitrogen and oxygen atoms in total. The molecule has 0 bridgehead atoms. The largest absolute Gasteiger partial charge is 0.295 e. The summed E-state index contributed by atoms with van der Waals surface area (Å²) >= 11 is 0. The van der Waals surface area contributed by atoms with Gasteiger partial charge >= 0.3 is 0 Å². The molecular weight excluding hydrogens is 95.1 g/mol. The average Bonchev–Trinajstić information content (AvgIpc) is 1.87. The van der Waals surface area contributed by atoms with Gasteiger partial charge in [-0.25, -0.2) is 4.39 Å². The number of carbonyl (C=O) groups is 1. The van der Waals surface area contributed by atoms with Gasteiger partial charge in [0.1, 0.15) is 5.83 Å². The molecule has 0 aromatic rings. The molecule has 0 atom stereocenters. The standard InChI is InChI=1S/C5H5FO/c6-4-1-2-5(7)3-4/h3H,1-2H2. The third-order valence-corrected chi connectivity index (χ3v) is 0.928. The lowest BCUT2D eigenvalue weighted by Gasteiger charge is -1.74. The van der Waals surface area contributed by atoms with Crippen LogP contribution >= 0.6 is 0 Å². The molecular formula is C5H5FO. The van der Waals surface area contributed by atoms with Gasteiger partial charge in [0.25, 0.3) is 0 Å². The lowest BCUT2D eigenvalue weighted by molar-refractivity contribution is -0.114. The molecule has 0 saturated carbocycles. The molecule has 0 unspecified atom stereocenters. The van der Waals surface area contributed by atoms with Crippen LogP contribution in [-0.2, 0) is 4.79 Å². The maximum absolute atomic E-state index is 11.8. The summed E-state index contributed by atoms with van der Waals surface area (Å²) in [5.74, 6) is -0.359.